The number of esters is 4. The Labute approximate surface area is 245 Å². The average molecular weight is 583 g/mol. The summed E-state index contributed by atoms with van der Waals surface area (Å²) in [5.41, 5.74) is 0.383. The number of hydrogen-bond donors (Lipinski definition) is 1. The number of rotatable bonds is 8. The van der Waals surface area contributed by atoms with Crippen LogP contribution in [0.3, 0.4) is 0 Å². The first-order valence-corrected chi connectivity index (χ1v) is 14.2. The third-order valence-corrected chi connectivity index (χ3v) is 7.15. The second-order valence-electron chi connectivity index (χ2n) is 12.1. The van der Waals surface area contributed by atoms with E-state index in [1.165, 1.54) is 6.07 Å². The highest BCUT2D eigenvalue weighted by Crippen LogP contribution is 2.56. The Morgan fingerprint density at radius 2 is 1.19 bits per heavy atom. The molecule has 0 fully saturated rings. The number of carbonyl (C=O) groups is 4. The van der Waals surface area contributed by atoms with E-state index in [4.69, 9.17) is 23.7 Å². The molecule has 0 radical (unpaired) electrons. The maximum Gasteiger partial charge on any atom is 0.314 e. The molecule has 1 heterocycles. The molecule has 2 aromatic carbocycles. The van der Waals surface area contributed by atoms with E-state index in [1.54, 1.807) is 73.6 Å². The molecular weight excluding hydrogens is 544 g/mol. The molecule has 1 aliphatic heterocycles. The zero-order valence-corrected chi connectivity index (χ0v) is 25.2. The molecule has 4 rings (SSSR count). The first-order valence-electron chi connectivity index (χ1n) is 14.2. The Morgan fingerprint density at radius 1 is 0.714 bits per heavy atom. The van der Waals surface area contributed by atoms with Crippen LogP contribution in [0.2, 0.25) is 0 Å². The smallest absolute Gasteiger partial charge is 0.314 e. The minimum absolute atomic E-state index is 0.0209. The van der Waals surface area contributed by atoms with Crippen LogP contribution in [0.25, 0.3) is 0 Å². The van der Waals surface area contributed by atoms with Crippen LogP contribution in [0.4, 0.5) is 0 Å². The lowest BCUT2D eigenvalue weighted by molar-refractivity contribution is -0.140. The number of aliphatic hydroxyl groups is 1. The number of ether oxygens (including phenoxy) is 5. The predicted octanol–water partition coefficient (Wildman–Crippen LogP) is 4.74. The number of fused-ring (bicyclic) bond motifs is 5. The Bertz CT molecular complexity index is 1420. The van der Waals surface area contributed by atoms with Crippen LogP contribution < -0.4 is 23.7 Å². The summed E-state index contributed by atoms with van der Waals surface area (Å²) < 4.78 is 28.5. The van der Waals surface area contributed by atoms with Gasteiger partial charge < -0.3 is 28.8 Å². The highest BCUT2D eigenvalue weighted by molar-refractivity contribution is 5.81. The van der Waals surface area contributed by atoms with E-state index in [-0.39, 0.29) is 41.8 Å². The third kappa shape index (κ3) is 5.99. The van der Waals surface area contributed by atoms with Crippen LogP contribution in [0.5, 0.6) is 28.7 Å². The van der Waals surface area contributed by atoms with Crippen LogP contribution in [0.1, 0.15) is 78.0 Å². The fraction of sp³-hybridized carbons (Fsp3) is 0.500. The standard InChI is InChI=1S/C32H38O10/c1-15(2)28(33)39-22-10-9-20-25-21-12-24(41-30(35)17(5)6)23(40-29(34)16(3)4)11-19(21)13-32(25,37)14-38-26(20)27(22)42-31(36)18(7)8/h9-12,15-18,25,37H,13-14H2,1-8H3/t25-,32+/m0/s1. The molecule has 2 aliphatic rings. The van der Waals surface area contributed by atoms with E-state index < -0.39 is 59.1 Å². The second kappa shape index (κ2) is 11.8. The van der Waals surface area contributed by atoms with Crippen molar-refractivity contribution in [2.24, 2.45) is 23.7 Å². The molecule has 226 valence electrons. The fourth-order valence-corrected chi connectivity index (χ4v) is 4.72. The average Bonchev–Trinajstić information content (AvgIpc) is 3.20. The van der Waals surface area contributed by atoms with Gasteiger partial charge in [-0.05, 0) is 29.3 Å². The van der Waals surface area contributed by atoms with Gasteiger partial charge in [0.25, 0.3) is 0 Å². The molecule has 0 aromatic heterocycles. The maximum absolute atomic E-state index is 12.7. The molecule has 0 unspecified atom stereocenters. The van der Waals surface area contributed by atoms with Crippen molar-refractivity contribution in [3.8, 4) is 28.7 Å². The van der Waals surface area contributed by atoms with Crippen molar-refractivity contribution in [1.29, 1.82) is 0 Å². The molecule has 10 nitrogen and oxygen atoms in total. The molecule has 0 spiro atoms. The first kappa shape index (κ1) is 31.0. The van der Waals surface area contributed by atoms with Crippen molar-refractivity contribution in [3.05, 3.63) is 41.0 Å². The zero-order valence-electron chi connectivity index (χ0n) is 25.2. The van der Waals surface area contributed by atoms with Gasteiger partial charge in [-0.25, -0.2) is 0 Å². The molecular formula is C32H38O10. The highest BCUT2D eigenvalue weighted by Gasteiger charge is 2.51. The van der Waals surface area contributed by atoms with Crippen LogP contribution in [-0.2, 0) is 25.6 Å². The molecule has 0 saturated carbocycles. The molecule has 10 heteroatoms. The zero-order chi connectivity index (χ0) is 31.1. The van der Waals surface area contributed by atoms with Gasteiger partial charge in [0.15, 0.2) is 23.0 Å². The lowest BCUT2D eigenvalue weighted by Gasteiger charge is -2.37. The summed E-state index contributed by atoms with van der Waals surface area (Å²) in [4.78, 5) is 50.2. The van der Waals surface area contributed by atoms with Crippen molar-refractivity contribution in [1.82, 2.24) is 0 Å². The Morgan fingerprint density at radius 3 is 1.71 bits per heavy atom. The highest BCUT2D eigenvalue weighted by atomic mass is 16.6. The van der Waals surface area contributed by atoms with Crippen molar-refractivity contribution in [3.63, 3.8) is 0 Å². The number of hydrogen-bond acceptors (Lipinski definition) is 10. The summed E-state index contributed by atoms with van der Waals surface area (Å²) >= 11 is 0. The summed E-state index contributed by atoms with van der Waals surface area (Å²) in [6.45, 7) is 13.3. The van der Waals surface area contributed by atoms with E-state index in [0.29, 0.717) is 16.7 Å². The Balaban J connectivity index is 1.87. The van der Waals surface area contributed by atoms with Gasteiger partial charge in [0.2, 0.25) is 5.75 Å². The Hall–Kier alpha value is -3.92. The van der Waals surface area contributed by atoms with E-state index in [0.717, 1.165) is 0 Å². The molecule has 0 amide bonds. The van der Waals surface area contributed by atoms with E-state index in [1.807, 2.05) is 0 Å². The summed E-state index contributed by atoms with van der Waals surface area (Å²) in [7, 11) is 0. The van der Waals surface area contributed by atoms with Crippen molar-refractivity contribution < 1.29 is 48.0 Å². The molecule has 1 N–H and O–H groups in total. The molecule has 2 atom stereocenters. The normalized spacial score (nSPS) is 18.7. The molecule has 0 bridgehead atoms. The van der Waals surface area contributed by atoms with Crippen LogP contribution in [0, 0.1) is 23.7 Å². The lowest BCUT2D eigenvalue weighted by Crippen LogP contribution is -2.44. The quantitative estimate of drug-likeness (QED) is 0.343. The van der Waals surface area contributed by atoms with E-state index in [9.17, 15) is 24.3 Å². The first-order chi connectivity index (χ1) is 19.6. The monoisotopic (exact) mass is 582 g/mol. The van der Waals surface area contributed by atoms with Crippen molar-refractivity contribution in [2.45, 2.75) is 73.3 Å². The third-order valence-electron chi connectivity index (χ3n) is 7.15. The predicted molar refractivity (Wildman–Crippen MR) is 151 cm³/mol. The van der Waals surface area contributed by atoms with Gasteiger partial charge in [-0.15, -0.1) is 0 Å². The summed E-state index contributed by atoms with van der Waals surface area (Å²) in [6.07, 6.45) is 0.155. The number of carbonyl (C=O) groups excluding carboxylic acids is 4. The fourth-order valence-electron chi connectivity index (χ4n) is 4.72. The largest absolute Gasteiger partial charge is 0.486 e. The van der Waals surface area contributed by atoms with E-state index >= 15 is 0 Å². The van der Waals surface area contributed by atoms with Gasteiger partial charge in [-0.2, -0.15) is 0 Å². The second-order valence-corrected chi connectivity index (χ2v) is 12.1. The van der Waals surface area contributed by atoms with Crippen LogP contribution in [-0.4, -0.2) is 41.2 Å². The molecule has 1 aliphatic carbocycles. The van der Waals surface area contributed by atoms with Gasteiger partial charge in [0.1, 0.15) is 12.2 Å². The van der Waals surface area contributed by atoms with E-state index in [2.05, 4.69) is 0 Å². The summed E-state index contributed by atoms with van der Waals surface area (Å²) in [6, 6.07) is 6.37. The SMILES string of the molecule is CC(C)C(=O)Oc1cc2c(cc1OC(=O)C(C)C)[C@@H]1c3ccc(OC(=O)C(C)C)c(OC(=O)C(C)C)c3OC[C@]1(O)C2. The Kier molecular flexibility index (Phi) is 8.68. The molecule has 42 heavy (non-hydrogen) atoms. The van der Waals surface area contributed by atoms with Gasteiger partial charge in [0, 0.05) is 17.9 Å². The minimum atomic E-state index is -1.41. The lowest BCUT2D eigenvalue weighted by atomic mass is 9.80. The van der Waals surface area contributed by atoms with Gasteiger partial charge in [0.05, 0.1) is 23.7 Å². The van der Waals surface area contributed by atoms with Gasteiger partial charge >= 0.3 is 23.9 Å². The number of benzene rings is 2. The summed E-state index contributed by atoms with van der Waals surface area (Å²) in [5.74, 6) is -4.31. The van der Waals surface area contributed by atoms with Crippen molar-refractivity contribution in [2.75, 3.05) is 6.61 Å². The van der Waals surface area contributed by atoms with Crippen molar-refractivity contribution >= 4 is 23.9 Å². The van der Waals surface area contributed by atoms with Crippen LogP contribution in [0.15, 0.2) is 24.3 Å². The summed E-state index contributed by atoms with van der Waals surface area (Å²) in [5, 5.41) is 11.8. The molecule has 2 aromatic rings. The van der Waals surface area contributed by atoms with Crippen LogP contribution >= 0.6 is 0 Å². The minimum Gasteiger partial charge on any atom is -0.486 e. The van der Waals surface area contributed by atoms with Gasteiger partial charge in [-0.3, -0.25) is 19.2 Å². The maximum atomic E-state index is 12.7. The topological polar surface area (TPSA) is 135 Å². The molecule has 0 saturated heterocycles. The van der Waals surface area contributed by atoms with Gasteiger partial charge in [-0.1, -0.05) is 61.5 Å².